The minimum atomic E-state index is -1.22. The fraction of sp³-hybridized carbons (Fsp3) is 0.556. The summed E-state index contributed by atoms with van der Waals surface area (Å²) in [5.41, 5.74) is 3.81. The van der Waals surface area contributed by atoms with E-state index in [-0.39, 0.29) is 18.5 Å². The molecule has 0 saturated carbocycles. The molecule has 1 saturated heterocycles. The standard InChI is InChI=1S/C27H39ClN6O4Si/c1-6-20-16-36-10-9-33(20)25-13-19(15-28)30-26(32-25)22-7-8-24-23(31-22)14-21(17-38-27(35)29-2)34(24)18-37-11-12-39(3,4)5/h7-8,13-14,20H,6,9-12,15-18H2,1-5H3,(H,29,35)/t20-/m0/s1. The molecule has 0 aromatic carbocycles. The molecule has 39 heavy (non-hydrogen) atoms. The second-order valence-electron chi connectivity index (χ2n) is 10.8. The van der Waals surface area contributed by atoms with Crippen LogP contribution in [0.2, 0.25) is 25.7 Å². The van der Waals surface area contributed by atoms with Crippen LogP contribution in [0.1, 0.15) is 24.7 Å². The Morgan fingerprint density at radius 1 is 1.23 bits per heavy atom. The van der Waals surface area contributed by atoms with E-state index in [0.717, 1.165) is 47.2 Å². The van der Waals surface area contributed by atoms with Gasteiger partial charge in [0.15, 0.2) is 5.82 Å². The highest BCUT2D eigenvalue weighted by Crippen LogP contribution is 2.27. The molecule has 3 aromatic heterocycles. The van der Waals surface area contributed by atoms with Crippen molar-refractivity contribution in [1.29, 1.82) is 0 Å². The lowest BCUT2D eigenvalue weighted by Gasteiger charge is -2.36. The van der Waals surface area contributed by atoms with Gasteiger partial charge in [0, 0.05) is 34.3 Å². The maximum atomic E-state index is 11.8. The monoisotopic (exact) mass is 574 g/mol. The number of carbonyl (C=O) groups excluding carboxylic acids is 1. The summed E-state index contributed by atoms with van der Waals surface area (Å²) in [6, 6.07) is 9.09. The predicted octanol–water partition coefficient (Wildman–Crippen LogP) is 5.02. The number of hydrogen-bond acceptors (Lipinski definition) is 8. The Bertz CT molecular complexity index is 1280. The van der Waals surface area contributed by atoms with Crippen LogP contribution in [0.5, 0.6) is 0 Å². The van der Waals surface area contributed by atoms with Gasteiger partial charge >= 0.3 is 6.09 Å². The van der Waals surface area contributed by atoms with Crippen molar-refractivity contribution in [3.8, 4) is 11.5 Å². The summed E-state index contributed by atoms with van der Waals surface area (Å²) in [4.78, 5) is 28.5. The molecule has 0 unspecified atom stereocenters. The number of fused-ring (bicyclic) bond motifs is 1. The molecule has 0 aliphatic carbocycles. The number of carbonyl (C=O) groups is 1. The Balaban J connectivity index is 1.66. The highest BCUT2D eigenvalue weighted by Gasteiger charge is 2.24. The van der Waals surface area contributed by atoms with Crippen LogP contribution in [0.25, 0.3) is 22.6 Å². The molecule has 3 aromatic rings. The summed E-state index contributed by atoms with van der Waals surface area (Å²) in [6.45, 7) is 12.3. The zero-order valence-corrected chi connectivity index (χ0v) is 25.3. The van der Waals surface area contributed by atoms with Crippen LogP contribution in [0.3, 0.4) is 0 Å². The van der Waals surface area contributed by atoms with Crippen LogP contribution < -0.4 is 10.2 Å². The number of ether oxygens (including phenoxy) is 3. The average molecular weight is 575 g/mol. The first-order valence-electron chi connectivity index (χ1n) is 13.4. The van der Waals surface area contributed by atoms with Crippen LogP contribution >= 0.6 is 11.6 Å². The number of amides is 1. The number of nitrogens with zero attached hydrogens (tertiary/aromatic N) is 5. The second-order valence-corrected chi connectivity index (χ2v) is 16.7. The molecule has 212 valence electrons. The minimum Gasteiger partial charge on any atom is -0.443 e. The summed E-state index contributed by atoms with van der Waals surface area (Å²) in [7, 11) is 0.319. The third-order valence-corrected chi connectivity index (χ3v) is 8.72. The number of aromatic nitrogens is 4. The number of alkyl carbamates (subject to hydrolysis) is 1. The van der Waals surface area contributed by atoms with Crippen molar-refractivity contribution >= 4 is 42.6 Å². The van der Waals surface area contributed by atoms with E-state index in [0.29, 0.717) is 38.1 Å². The highest BCUT2D eigenvalue weighted by molar-refractivity contribution is 6.76. The Labute approximate surface area is 236 Å². The molecule has 0 radical (unpaired) electrons. The third kappa shape index (κ3) is 7.47. The Morgan fingerprint density at radius 3 is 2.77 bits per heavy atom. The summed E-state index contributed by atoms with van der Waals surface area (Å²) in [5.74, 6) is 1.63. The zero-order valence-electron chi connectivity index (χ0n) is 23.5. The van der Waals surface area contributed by atoms with Gasteiger partial charge in [-0.1, -0.05) is 26.6 Å². The smallest absolute Gasteiger partial charge is 0.407 e. The van der Waals surface area contributed by atoms with Gasteiger partial charge in [-0.15, -0.1) is 11.6 Å². The predicted molar refractivity (Wildman–Crippen MR) is 156 cm³/mol. The van der Waals surface area contributed by atoms with Crippen LogP contribution in [-0.2, 0) is 33.4 Å². The number of hydrogen-bond donors (Lipinski definition) is 1. The van der Waals surface area contributed by atoms with Crippen molar-refractivity contribution in [2.24, 2.45) is 0 Å². The van der Waals surface area contributed by atoms with Gasteiger partial charge in [0.25, 0.3) is 0 Å². The van der Waals surface area contributed by atoms with E-state index in [1.54, 1.807) is 0 Å². The first-order chi connectivity index (χ1) is 18.7. The summed E-state index contributed by atoms with van der Waals surface area (Å²) >= 11 is 6.23. The molecule has 1 fully saturated rings. The van der Waals surface area contributed by atoms with Crippen molar-refractivity contribution < 1.29 is 19.0 Å². The van der Waals surface area contributed by atoms with Crippen LogP contribution in [0.4, 0.5) is 10.6 Å². The van der Waals surface area contributed by atoms with E-state index < -0.39 is 14.2 Å². The summed E-state index contributed by atoms with van der Waals surface area (Å²) < 4.78 is 19.1. The van der Waals surface area contributed by atoms with E-state index in [2.05, 4.69) is 41.8 Å². The molecular formula is C27H39ClN6O4Si. The van der Waals surface area contributed by atoms with Gasteiger partial charge < -0.3 is 29.0 Å². The number of morpholine rings is 1. The fourth-order valence-corrected chi connectivity index (χ4v) is 5.34. The molecule has 10 nitrogen and oxygen atoms in total. The third-order valence-electron chi connectivity index (χ3n) is 6.74. The lowest BCUT2D eigenvalue weighted by molar-refractivity contribution is 0.0828. The fourth-order valence-electron chi connectivity index (χ4n) is 4.44. The van der Waals surface area contributed by atoms with Gasteiger partial charge in [-0.2, -0.15) is 0 Å². The zero-order chi connectivity index (χ0) is 28.0. The first kappa shape index (κ1) is 29.3. The number of anilines is 1. The van der Waals surface area contributed by atoms with Gasteiger partial charge in [-0.3, -0.25) is 0 Å². The molecular weight excluding hydrogens is 536 g/mol. The topological polar surface area (TPSA) is 104 Å². The maximum Gasteiger partial charge on any atom is 0.407 e. The van der Waals surface area contributed by atoms with Crippen molar-refractivity contribution in [1.82, 2.24) is 24.8 Å². The largest absolute Gasteiger partial charge is 0.443 e. The maximum absolute atomic E-state index is 11.8. The van der Waals surface area contributed by atoms with E-state index >= 15 is 0 Å². The number of alkyl halides is 1. The molecule has 1 aliphatic rings. The SMILES string of the molecule is CC[C@H]1COCCN1c1cc(CCl)nc(-c2ccc3c(cc(COC(=O)NC)n3COCC[Si](C)(C)C)n2)n1. The van der Waals surface area contributed by atoms with Gasteiger partial charge in [0.1, 0.15) is 24.8 Å². The quantitative estimate of drug-likeness (QED) is 0.193. The normalized spacial score (nSPS) is 16.1. The van der Waals surface area contributed by atoms with E-state index in [4.69, 9.17) is 35.8 Å². The molecule has 0 spiro atoms. The van der Waals surface area contributed by atoms with Crippen molar-refractivity contribution in [2.45, 2.75) is 64.3 Å². The van der Waals surface area contributed by atoms with Crippen LogP contribution in [-0.4, -0.2) is 73.1 Å². The van der Waals surface area contributed by atoms with Crippen LogP contribution in [0.15, 0.2) is 24.3 Å². The van der Waals surface area contributed by atoms with Gasteiger partial charge in [-0.05, 0) is 30.7 Å². The highest BCUT2D eigenvalue weighted by atomic mass is 35.5. The van der Waals surface area contributed by atoms with Crippen molar-refractivity contribution in [3.63, 3.8) is 0 Å². The minimum absolute atomic E-state index is 0.0978. The number of halogens is 1. The molecule has 12 heteroatoms. The molecule has 1 N–H and O–H groups in total. The molecule has 0 bridgehead atoms. The van der Waals surface area contributed by atoms with E-state index in [1.807, 2.05) is 28.8 Å². The molecule has 1 amide bonds. The van der Waals surface area contributed by atoms with E-state index in [9.17, 15) is 4.79 Å². The number of pyridine rings is 1. The van der Waals surface area contributed by atoms with Gasteiger partial charge in [0.2, 0.25) is 0 Å². The molecule has 4 heterocycles. The van der Waals surface area contributed by atoms with E-state index in [1.165, 1.54) is 7.05 Å². The second kappa shape index (κ2) is 13.1. The average Bonchev–Trinajstić information content (AvgIpc) is 3.29. The van der Waals surface area contributed by atoms with Gasteiger partial charge in [0.05, 0.1) is 47.6 Å². The molecule has 4 rings (SSSR count). The Hall–Kier alpha value is -2.73. The molecule has 1 atom stereocenters. The number of nitrogens with one attached hydrogen (secondary N) is 1. The van der Waals surface area contributed by atoms with Gasteiger partial charge in [-0.25, -0.2) is 19.7 Å². The lowest BCUT2D eigenvalue weighted by Crippen LogP contribution is -2.45. The number of rotatable bonds is 11. The molecule has 1 aliphatic heterocycles. The first-order valence-corrected chi connectivity index (χ1v) is 17.7. The Morgan fingerprint density at radius 2 is 2.05 bits per heavy atom. The van der Waals surface area contributed by atoms with Crippen molar-refractivity contribution in [3.05, 3.63) is 35.7 Å². The Kier molecular flexibility index (Phi) is 9.81. The lowest BCUT2D eigenvalue weighted by atomic mass is 10.1. The van der Waals surface area contributed by atoms with Crippen molar-refractivity contribution in [2.75, 3.05) is 38.3 Å². The summed E-state index contributed by atoms with van der Waals surface area (Å²) in [5, 5.41) is 2.49. The van der Waals surface area contributed by atoms with Crippen LogP contribution in [0, 0.1) is 0 Å². The summed E-state index contributed by atoms with van der Waals surface area (Å²) in [6.07, 6.45) is 0.459.